The Balaban J connectivity index is 2.61. The number of amides is 1. The van der Waals surface area contributed by atoms with Gasteiger partial charge in [0, 0.05) is 25.0 Å². The third-order valence-corrected chi connectivity index (χ3v) is 3.69. The molecule has 4 heteroatoms. The number of nitrogens with zero attached hydrogens (tertiary/aromatic N) is 3. The molecule has 0 unspecified atom stereocenters. The average Bonchev–Trinajstić information content (AvgIpc) is 2.30. The molecule has 1 saturated heterocycles. The van der Waals surface area contributed by atoms with Gasteiger partial charge in [0.15, 0.2) is 0 Å². The van der Waals surface area contributed by atoms with Crippen LogP contribution >= 0.6 is 0 Å². The minimum atomic E-state index is 0.104. The molecule has 0 aliphatic carbocycles. The molecule has 1 heterocycles. The number of piperidine rings is 1. The van der Waals surface area contributed by atoms with Crippen LogP contribution in [0.15, 0.2) is 0 Å². The third-order valence-electron chi connectivity index (χ3n) is 3.69. The Kier molecular flexibility index (Phi) is 6.09. The van der Waals surface area contributed by atoms with Crippen molar-refractivity contribution in [3.8, 4) is 0 Å². The van der Waals surface area contributed by atoms with Crippen molar-refractivity contribution in [3.63, 3.8) is 0 Å². The zero-order chi connectivity index (χ0) is 13.7. The van der Waals surface area contributed by atoms with Crippen LogP contribution < -0.4 is 0 Å². The van der Waals surface area contributed by atoms with Crippen LogP contribution in [0.1, 0.15) is 26.7 Å². The number of likely N-dealkylation sites (tertiary alicyclic amines) is 1. The first-order chi connectivity index (χ1) is 8.41. The minimum Gasteiger partial charge on any atom is -0.338 e. The molecule has 1 amide bonds. The highest BCUT2D eigenvalue weighted by Gasteiger charge is 2.27. The normalized spacial score (nSPS) is 18.6. The predicted octanol–water partition coefficient (Wildman–Crippen LogP) is 1.13. The molecule has 0 aromatic rings. The van der Waals surface area contributed by atoms with Crippen LogP contribution in [0.3, 0.4) is 0 Å². The number of rotatable bonds is 5. The van der Waals surface area contributed by atoms with Gasteiger partial charge in [0.2, 0.25) is 5.91 Å². The van der Waals surface area contributed by atoms with Gasteiger partial charge in [0.05, 0.1) is 0 Å². The van der Waals surface area contributed by atoms with Crippen molar-refractivity contribution in [2.24, 2.45) is 5.92 Å². The number of hydrogen-bond acceptors (Lipinski definition) is 3. The van der Waals surface area contributed by atoms with E-state index in [0.29, 0.717) is 11.9 Å². The van der Waals surface area contributed by atoms with Crippen LogP contribution in [0, 0.1) is 5.92 Å². The number of hydrogen-bond donors (Lipinski definition) is 0. The highest BCUT2D eigenvalue weighted by Crippen LogP contribution is 2.17. The van der Waals surface area contributed by atoms with Gasteiger partial charge in [0.25, 0.3) is 0 Å². The lowest BCUT2D eigenvalue weighted by Crippen LogP contribution is -2.49. The van der Waals surface area contributed by atoms with Crippen LogP contribution in [0.5, 0.6) is 0 Å². The zero-order valence-corrected chi connectivity index (χ0v) is 12.6. The molecule has 0 aromatic carbocycles. The van der Waals surface area contributed by atoms with E-state index in [2.05, 4.69) is 35.8 Å². The standard InChI is InChI=1S/C14H29N3O/c1-12(2)14(18)17(11-10-15(3)4)13-6-8-16(5)9-7-13/h12-13H,6-11H2,1-5H3. The van der Waals surface area contributed by atoms with E-state index in [1.54, 1.807) is 0 Å². The summed E-state index contributed by atoms with van der Waals surface area (Å²) < 4.78 is 0. The Morgan fingerprint density at radius 2 is 1.78 bits per heavy atom. The first-order valence-electron chi connectivity index (χ1n) is 7.05. The summed E-state index contributed by atoms with van der Waals surface area (Å²) in [5, 5.41) is 0. The van der Waals surface area contributed by atoms with Gasteiger partial charge in [-0.1, -0.05) is 13.8 Å². The Morgan fingerprint density at radius 3 is 2.22 bits per heavy atom. The molecule has 0 atom stereocenters. The quantitative estimate of drug-likeness (QED) is 0.737. The Bertz CT molecular complexity index is 258. The number of carbonyl (C=O) groups excluding carboxylic acids is 1. The maximum atomic E-state index is 12.3. The highest BCUT2D eigenvalue weighted by molar-refractivity contribution is 5.78. The molecule has 0 aromatic heterocycles. The summed E-state index contributed by atoms with van der Waals surface area (Å²) in [5.41, 5.74) is 0. The Hall–Kier alpha value is -0.610. The second-order valence-electron chi connectivity index (χ2n) is 6.02. The van der Waals surface area contributed by atoms with Gasteiger partial charge in [0.1, 0.15) is 0 Å². The third kappa shape index (κ3) is 4.58. The zero-order valence-electron chi connectivity index (χ0n) is 12.6. The van der Waals surface area contributed by atoms with Gasteiger partial charge in [-0.25, -0.2) is 0 Å². The molecule has 106 valence electrons. The van der Waals surface area contributed by atoms with Crippen LogP contribution in [0.25, 0.3) is 0 Å². The fourth-order valence-electron chi connectivity index (χ4n) is 2.42. The van der Waals surface area contributed by atoms with Crippen molar-refractivity contribution in [2.45, 2.75) is 32.7 Å². The van der Waals surface area contributed by atoms with E-state index >= 15 is 0 Å². The molecule has 1 aliphatic rings. The lowest BCUT2D eigenvalue weighted by Gasteiger charge is -2.38. The van der Waals surface area contributed by atoms with E-state index in [0.717, 1.165) is 39.0 Å². The molecule has 0 N–H and O–H groups in total. The summed E-state index contributed by atoms with van der Waals surface area (Å²) in [5.74, 6) is 0.415. The van der Waals surface area contributed by atoms with Crippen molar-refractivity contribution >= 4 is 5.91 Å². The molecule has 1 rings (SSSR count). The second-order valence-corrected chi connectivity index (χ2v) is 6.02. The van der Waals surface area contributed by atoms with Gasteiger partial charge >= 0.3 is 0 Å². The van der Waals surface area contributed by atoms with Gasteiger partial charge in [-0.2, -0.15) is 0 Å². The van der Waals surface area contributed by atoms with Crippen molar-refractivity contribution in [1.29, 1.82) is 0 Å². The van der Waals surface area contributed by atoms with E-state index in [1.165, 1.54) is 0 Å². The lowest BCUT2D eigenvalue weighted by atomic mass is 10.0. The van der Waals surface area contributed by atoms with E-state index in [-0.39, 0.29) is 5.92 Å². The summed E-state index contributed by atoms with van der Waals surface area (Å²) in [4.78, 5) is 18.9. The smallest absolute Gasteiger partial charge is 0.225 e. The molecule has 0 bridgehead atoms. The molecular weight excluding hydrogens is 226 g/mol. The molecule has 1 aliphatic heterocycles. The molecule has 0 radical (unpaired) electrons. The summed E-state index contributed by atoms with van der Waals surface area (Å²) in [7, 11) is 6.28. The molecule has 1 fully saturated rings. The van der Waals surface area contributed by atoms with E-state index in [1.807, 2.05) is 13.8 Å². The first-order valence-corrected chi connectivity index (χ1v) is 7.05. The van der Waals surface area contributed by atoms with E-state index < -0.39 is 0 Å². The van der Waals surface area contributed by atoms with E-state index in [9.17, 15) is 4.79 Å². The SMILES string of the molecule is CC(C)C(=O)N(CCN(C)C)C1CCN(C)CC1. The first kappa shape index (κ1) is 15.4. The van der Waals surface area contributed by atoms with Crippen LogP contribution in [0.4, 0.5) is 0 Å². The maximum absolute atomic E-state index is 12.3. The van der Waals surface area contributed by atoms with Crippen molar-refractivity contribution in [3.05, 3.63) is 0 Å². The van der Waals surface area contributed by atoms with Gasteiger partial charge < -0.3 is 14.7 Å². The average molecular weight is 255 g/mol. The minimum absolute atomic E-state index is 0.104. The van der Waals surface area contributed by atoms with Gasteiger partial charge in [-0.3, -0.25) is 4.79 Å². The monoisotopic (exact) mass is 255 g/mol. The number of likely N-dealkylation sites (N-methyl/N-ethyl adjacent to an activating group) is 1. The Labute approximate surface area is 112 Å². The topological polar surface area (TPSA) is 26.8 Å². The Morgan fingerprint density at radius 1 is 1.22 bits per heavy atom. The summed E-state index contributed by atoms with van der Waals surface area (Å²) in [6.07, 6.45) is 2.23. The molecule has 0 saturated carbocycles. The summed E-state index contributed by atoms with van der Waals surface area (Å²) in [6.45, 7) is 8.02. The van der Waals surface area contributed by atoms with E-state index in [4.69, 9.17) is 0 Å². The predicted molar refractivity (Wildman–Crippen MR) is 75.6 cm³/mol. The maximum Gasteiger partial charge on any atom is 0.225 e. The second kappa shape index (κ2) is 7.10. The van der Waals surface area contributed by atoms with Gasteiger partial charge in [-0.15, -0.1) is 0 Å². The van der Waals surface area contributed by atoms with Crippen LogP contribution in [-0.4, -0.2) is 74.0 Å². The molecule has 4 nitrogen and oxygen atoms in total. The molecule has 0 spiro atoms. The summed E-state index contributed by atoms with van der Waals surface area (Å²) in [6, 6.07) is 0.441. The largest absolute Gasteiger partial charge is 0.338 e. The fraction of sp³-hybridized carbons (Fsp3) is 0.929. The fourth-order valence-corrected chi connectivity index (χ4v) is 2.42. The molecular formula is C14H29N3O. The van der Waals surface area contributed by atoms with Crippen molar-refractivity contribution in [2.75, 3.05) is 47.3 Å². The van der Waals surface area contributed by atoms with Crippen molar-refractivity contribution < 1.29 is 4.79 Å². The van der Waals surface area contributed by atoms with Gasteiger partial charge in [-0.05, 0) is 47.1 Å². The highest BCUT2D eigenvalue weighted by atomic mass is 16.2. The van der Waals surface area contributed by atoms with Crippen LogP contribution in [0.2, 0.25) is 0 Å². The summed E-state index contributed by atoms with van der Waals surface area (Å²) >= 11 is 0. The van der Waals surface area contributed by atoms with Crippen LogP contribution in [-0.2, 0) is 4.79 Å². The van der Waals surface area contributed by atoms with Crippen molar-refractivity contribution in [1.82, 2.24) is 14.7 Å². The lowest BCUT2D eigenvalue weighted by molar-refractivity contribution is -0.138. The molecule has 18 heavy (non-hydrogen) atoms. The number of carbonyl (C=O) groups is 1.